The summed E-state index contributed by atoms with van der Waals surface area (Å²) < 4.78 is 1.00. The van der Waals surface area contributed by atoms with Crippen LogP contribution in [0, 0.1) is 13.8 Å². The van der Waals surface area contributed by atoms with E-state index >= 15 is 0 Å². The number of benzene rings is 2. The molecule has 2 heterocycles. The van der Waals surface area contributed by atoms with Crippen molar-refractivity contribution in [3.63, 3.8) is 0 Å². The first-order chi connectivity index (χ1) is 14.4. The highest BCUT2D eigenvalue weighted by Gasteiger charge is 2.29. The Balaban J connectivity index is 1.50. The lowest BCUT2D eigenvalue weighted by Crippen LogP contribution is -2.38. The highest BCUT2D eigenvalue weighted by atomic mass is 32.1. The maximum Gasteiger partial charge on any atom is 0.346 e. The number of thiophene rings is 1. The molecule has 2 N–H and O–H groups in total. The highest BCUT2D eigenvalue weighted by molar-refractivity contribution is 7.21. The van der Waals surface area contributed by atoms with Gasteiger partial charge in [-0.15, -0.1) is 11.3 Å². The van der Waals surface area contributed by atoms with Crippen molar-refractivity contribution in [2.75, 3.05) is 18.4 Å². The lowest BCUT2D eigenvalue weighted by Gasteiger charge is -2.24. The summed E-state index contributed by atoms with van der Waals surface area (Å²) in [5.41, 5.74) is 3.91. The van der Waals surface area contributed by atoms with Crippen LogP contribution in [0.15, 0.2) is 42.5 Å². The first-order valence-electron chi connectivity index (χ1n) is 10.3. The molecule has 4 rings (SSSR count). The number of nitrogens with one attached hydrogen (secondary N) is 1. The Labute approximate surface area is 180 Å². The molecule has 0 radical (unpaired) electrons. The van der Waals surface area contributed by atoms with E-state index in [2.05, 4.69) is 10.2 Å². The molecule has 0 bridgehead atoms. The average molecular weight is 423 g/mol. The number of hydrogen-bond acceptors (Lipinski definition) is 4. The minimum absolute atomic E-state index is 0.0239. The lowest BCUT2D eigenvalue weighted by atomic mass is 10.0. The van der Waals surface area contributed by atoms with Gasteiger partial charge in [0, 0.05) is 16.4 Å². The van der Waals surface area contributed by atoms with Gasteiger partial charge in [0.2, 0.25) is 5.91 Å². The SMILES string of the molecule is Cc1ccc(C)c(NC(=O)CN2CCC[C@@H]2Cc2c(C(=O)O)sc3ccccc23)c1. The van der Waals surface area contributed by atoms with Crippen LogP contribution in [-0.2, 0) is 11.2 Å². The maximum absolute atomic E-state index is 12.7. The molecule has 1 atom stereocenters. The van der Waals surface area contributed by atoms with E-state index < -0.39 is 5.97 Å². The normalized spacial score (nSPS) is 16.8. The number of fused-ring (bicyclic) bond motifs is 1. The van der Waals surface area contributed by atoms with Crippen molar-refractivity contribution in [1.82, 2.24) is 4.90 Å². The van der Waals surface area contributed by atoms with Gasteiger partial charge in [-0.25, -0.2) is 4.79 Å². The Hall–Kier alpha value is -2.70. The number of carbonyl (C=O) groups is 2. The summed E-state index contributed by atoms with van der Waals surface area (Å²) in [6.45, 7) is 5.18. The van der Waals surface area contributed by atoms with Crippen LogP contribution in [0.5, 0.6) is 0 Å². The van der Waals surface area contributed by atoms with Gasteiger partial charge in [0.1, 0.15) is 4.88 Å². The van der Waals surface area contributed by atoms with Gasteiger partial charge >= 0.3 is 5.97 Å². The van der Waals surface area contributed by atoms with E-state index in [9.17, 15) is 14.7 Å². The van der Waals surface area contributed by atoms with E-state index in [1.165, 1.54) is 11.3 Å². The van der Waals surface area contributed by atoms with Crippen LogP contribution in [0.25, 0.3) is 10.1 Å². The van der Waals surface area contributed by atoms with Crippen molar-refractivity contribution >= 4 is 39.0 Å². The van der Waals surface area contributed by atoms with E-state index in [0.717, 1.165) is 51.9 Å². The fourth-order valence-corrected chi connectivity index (χ4v) is 5.36. The van der Waals surface area contributed by atoms with Gasteiger partial charge in [-0.05, 0) is 73.9 Å². The van der Waals surface area contributed by atoms with Crippen molar-refractivity contribution in [1.29, 1.82) is 0 Å². The summed E-state index contributed by atoms with van der Waals surface area (Å²) >= 11 is 1.34. The molecule has 6 heteroatoms. The molecular weight excluding hydrogens is 396 g/mol. The number of likely N-dealkylation sites (tertiary alicyclic amines) is 1. The smallest absolute Gasteiger partial charge is 0.346 e. The monoisotopic (exact) mass is 422 g/mol. The topological polar surface area (TPSA) is 69.6 Å². The molecule has 0 aliphatic carbocycles. The zero-order chi connectivity index (χ0) is 21.3. The van der Waals surface area contributed by atoms with Gasteiger partial charge in [-0.2, -0.15) is 0 Å². The minimum atomic E-state index is -0.872. The quantitative estimate of drug-likeness (QED) is 0.595. The second-order valence-corrected chi connectivity index (χ2v) is 9.10. The van der Waals surface area contributed by atoms with Crippen molar-refractivity contribution in [3.8, 4) is 0 Å². The molecule has 1 aliphatic rings. The molecule has 0 saturated carbocycles. The van der Waals surface area contributed by atoms with Crippen LogP contribution in [-0.4, -0.2) is 41.0 Å². The van der Waals surface area contributed by atoms with E-state index in [4.69, 9.17) is 0 Å². The van der Waals surface area contributed by atoms with Crippen LogP contribution in [0.1, 0.15) is 39.2 Å². The molecule has 0 spiro atoms. The highest BCUT2D eigenvalue weighted by Crippen LogP contribution is 2.34. The van der Waals surface area contributed by atoms with Crippen LogP contribution in [0.2, 0.25) is 0 Å². The van der Waals surface area contributed by atoms with Gasteiger partial charge in [-0.1, -0.05) is 30.3 Å². The second kappa shape index (κ2) is 8.58. The number of amides is 1. The lowest BCUT2D eigenvalue weighted by molar-refractivity contribution is -0.117. The van der Waals surface area contributed by atoms with Crippen LogP contribution in [0.4, 0.5) is 5.69 Å². The Morgan fingerprint density at radius 3 is 2.80 bits per heavy atom. The van der Waals surface area contributed by atoms with Crippen LogP contribution in [0.3, 0.4) is 0 Å². The molecule has 1 saturated heterocycles. The number of rotatable bonds is 6. The van der Waals surface area contributed by atoms with Gasteiger partial charge in [-0.3, -0.25) is 9.69 Å². The number of nitrogens with zero attached hydrogens (tertiary/aromatic N) is 1. The third-order valence-electron chi connectivity index (χ3n) is 5.85. The molecule has 156 valence electrons. The summed E-state index contributed by atoms with van der Waals surface area (Å²) in [6.07, 6.45) is 2.65. The summed E-state index contributed by atoms with van der Waals surface area (Å²) in [6, 6.07) is 14.1. The number of carboxylic acid groups (broad SMARTS) is 1. The van der Waals surface area contributed by atoms with Gasteiger partial charge in [0.05, 0.1) is 6.54 Å². The summed E-state index contributed by atoms with van der Waals surface area (Å²) in [5.74, 6) is -0.896. The molecule has 2 aromatic carbocycles. The molecule has 1 fully saturated rings. The molecule has 0 unspecified atom stereocenters. The van der Waals surface area contributed by atoms with Crippen molar-refractivity contribution in [2.24, 2.45) is 0 Å². The maximum atomic E-state index is 12.7. The molecular formula is C24H26N2O3S. The number of carbonyl (C=O) groups excluding carboxylic acids is 1. The van der Waals surface area contributed by atoms with Crippen molar-refractivity contribution < 1.29 is 14.7 Å². The third kappa shape index (κ3) is 4.25. The summed E-state index contributed by atoms with van der Waals surface area (Å²) in [5, 5.41) is 13.8. The minimum Gasteiger partial charge on any atom is -0.477 e. The molecule has 5 nitrogen and oxygen atoms in total. The Morgan fingerprint density at radius 1 is 1.20 bits per heavy atom. The van der Waals surface area contributed by atoms with Gasteiger partial charge in [0.15, 0.2) is 0 Å². The van der Waals surface area contributed by atoms with Crippen LogP contribution < -0.4 is 5.32 Å². The summed E-state index contributed by atoms with van der Waals surface area (Å²) in [7, 11) is 0. The number of hydrogen-bond donors (Lipinski definition) is 2. The number of anilines is 1. The Morgan fingerprint density at radius 2 is 2.00 bits per heavy atom. The standard InChI is InChI=1S/C24H26N2O3S/c1-15-9-10-16(2)20(12-15)25-22(27)14-26-11-5-6-17(26)13-19-18-7-3-4-8-21(18)30-23(19)24(28)29/h3-4,7-10,12,17H,5-6,11,13-14H2,1-2H3,(H,25,27)(H,28,29)/t17-/m1/s1. The second-order valence-electron chi connectivity index (χ2n) is 8.05. The van der Waals surface area contributed by atoms with E-state index in [1.807, 2.05) is 56.3 Å². The first-order valence-corrected chi connectivity index (χ1v) is 11.1. The average Bonchev–Trinajstić information content (AvgIpc) is 3.30. The Kier molecular flexibility index (Phi) is 5.88. The van der Waals surface area contributed by atoms with Crippen molar-refractivity contribution in [2.45, 2.75) is 39.2 Å². The summed E-state index contributed by atoms with van der Waals surface area (Å²) in [4.78, 5) is 27.2. The number of aromatic carboxylic acids is 1. The molecule has 3 aromatic rings. The number of carboxylic acids is 1. The molecule has 30 heavy (non-hydrogen) atoms. The largest absolute Gasteiger partial charge is 0.477 e. The van der Waals surface area contributed by atoms with E-state index in [1.54, 1.807) is 0 Å². The molecule has 1 aromatic heterocycles. The first kappa shape index (κ1) is 20.6. The fraction of sp³-hybridized carbons (Fsp3) is 0.333. The van der Waals surface area contributed by atoms with Gasteiger partial charge < -0.3 is 10.4 Å². The Bertz CT molecular complexity index is 1110. The molecule has 1 amide bonds. The molecule has 1 aliphatic heterocycles. The predicted octanol–water partition coefficient (Wildman–Crippen LogP) is 4.86. The van der Waals surface area contributed by atoms with E-state index in [-0.39, 0.29) is 11.9 Å². The van der Waals surface area contributed by atoms with E-state index in [0.29, 0.717) is 17.8 Å². The van der Waals surface area contributed by atoms with Gasteiger partial charge in [0.25, 0.3) is 0 Å². The number of aryl methyl sites for hydroxylation is 2. The van der Waals surface area contributed by atoms with Crippen molar-refractivity contribution in [3.05, 3.63) is 64.0 Å². The fourth-order valence-electron chi connectivity index (χ4n) is 4.29. The van der Waals surface area contributed by atoms with Crippen LogP contribution >= 0.6 is 11.3 Å². The predicted molar refractivity (Wildman–Crippen MR) is 122 cm³/mol. The third-order valence-corrected chi connectivity index (χ3v) is 7.05. The zero-order valence-electron chi connectivity index (χ0n) is 17.3. The zero-order valence-corrected chi connectivity index (χ0v) is 18.1.